The van der Waals surface area contributed by atoms with E-state index in [9.17, 15) is 13.2 Å². The molecule has 1 aliphatic heterocycles. The summed E-state index contributed by atoms with van der Waals surface area (Å²) in [6.07, 6.45) is -2.48. The molecule has 3 rings (SSSR count). The highest BCUT2D eigenvalue weighted by Gasteiger charge is 2.30. The van der Waals surface area contributed by atoms with Crippen LogP contribution in [-0.2, 0) is 19.1 Å². The van der Waals surface area contributed by atoms with Crippen molar-refractivity contribution in [3.63, 3.8) is 0 Å². The van der Waals surface area contributed by atoms with E-state index < -0.39 is 11.7 Å². The van der Waals surface area contributed by atoms with Gasteiger partial charge in [-0.05, 0) is 31.0 Å². The van der Waals surface area contributed by atoms with Gasteiger partial charge < -0.3 is 10.6 Å². The third-order valence-corrected chi connectivity index (χ3v) is 5.69. The molecule has 0 aliphatic carbocycles. The zero-order chi connectivity index (χ0) is 20.9. The van der Waals surface area contributed by atoms with Crippen LogP contribution in [0.15, 0.2) is 34.6 Å². The quantitative estimate of drug-likeness (QED) is 0.550. The third kappa shape index (κ3) is 6.43. The Morgan fingerprint density at radius 3 is 2.69 bits per heavy atom. The molecule has 2 N–H and O–H groups in total. The highest BCUT2D eigenvalue weighted by atomic mass is 32.1. The topological polar surface area (TPSA) is 52.6 Å². The summed E-state index contributed by atoms with van der Waals surface area (Å²) in [7, 11) is 1.75. The Hall–Kier alpha value is -2.13. The molecule has 1 fully saturated rings. The fourth-order valence-electron chi connectivity index (χ4n) is 3.37. The minimum Gasteiger partial charge on any atom is -0.356 e. The van der Waals surface area contributed by atoms with Crippen LogP contribution in [0.1, 0.15) is 28.2 Å². The van der Waals surface area contributed by atoms with Crippen LogP contribution in [0.25, 0.3) is 0 Å². The second-order valence-corrected chi connectivity index (χ2v) is 8.23. The molecule has 2 heterocycles. The number of hydrogen-bond donors (Lipinski definition) is 2. The number of aliphatic imine (C=N–C) groups is 1. The number of rotatable bonds is 6. The summed E-state index contributed by atoms with van der Waals surface area (Å²) in [4.78, 5) is 11.0. The molecule has 1 aromatic heterocycles. The number of hydrogen-bond acceptors (Lipinski definition) is 4. The van der Waals surface area contributed by atoms with E-state index in [-0.39, 0.29) is 6.04 Å². The summed E-state index contributed by atoms with van der Waals surface area (Å²) in [5.74, 6) is 0.762. The SMILES string of the molecule is CN=C(NCCc1csc(C)n1)NC1CCN(Cc2ccc(C(F)(F)F)cc2)C1. The first-order chi connectivity index (χ1) is 13.8. The van der Waals surface area contributed by atoms with Gasteiger partial charge in [0.2, 0.25) is 0 Å². The van der Waals surface area contributed by atoms with Crippen molar-refractivity contribution in [1.82, 2.24) is 20.5 Å². The Labute approximate surface area is 173 Å². The molecule has 5 nitrogen and oxygen atoms in total. The number of thiazole rings is 1. The lowest BCUT2D eigenvalue weighted by Gasteiger charge is -2.19. The van der Waals surface area contributed by atoms with Gasteiger partial charge in [-0.1, -0.05) is 12.1 Å². The van der Waals surface area contributed by atoms with Crippen molar-refractivity contribution in [2.75, 3.05) is 26.7 Å². The van der Waals surface area contributed by atoms with Crippen LogP contribution in [-0.4, -0.2) is 48.6 Å². The van der Waals surface area contributed by atoms with Gasteiger partial charge in [0.25, 0.3) is 0 Å². The molecule has 1 aliphatic rings. The van der Waals surface area contributed by atoms with Crippen LogP contribution >= 0.6 is 11.3 Å². The first-order valence-electron chi connectivity index (χ1n) is 9.60. The Morgan fingerprint density at radius 2 is 2.07 bits per heavy atom. The molecule has 1 saturated heterocycles. The highest BCUT2D eigenvalue weighted by molar-refractivity contribution is 7.09. The molecular weight excluding hydrogens is 399 g/mol. The van der Waals surface area contributed by atoms with Gasteiger partial charge in [0.1, 0.15) is 0 Å². The average molecular weight is 426 g/mol. The molecule has 0 spiro atoms. The van der Waals surface area contributed by atoms with Crippen LogP contribution in [0, 0.1) is 6.92 Å². The van der Waals surface area contributed by atoms with E-state index in [0.29, 0.717) is 6.54 Å². The van der Waals surface area contributed by atoms with E-state index in [0.717, 1.165) is 66.8 Å². The molecule has 1 unspecified atom stereocenters. The molecule has 1 aromatic carbocycles. The first kappa shape index (κ1) is 21.6. The Balaban J connectivity index is 1.42. The van der Waals surface area contributed by atoms with Crippen LogP contribution in [0.4, 0.5) is 13.2 Å². The van der Waals surface area contributed by atoms with Gasteiger partial charge >= 0.3 is 6.18 Å². The van der Waals surface area contributed by atoms with Gasteiger partial charge in [0.05, 0.1) is 16.3 Å². The lowest BCUT2D eigenvalue weighted by molar-refractivity contribution is -0.137. The predicted octanol–water partition coefficient (Wildman–Crippen LogP) is 3.45. The minimum absolute atomic E-state index is 0.261. The molecular formula is C20H26F3N5S. The molecule has 0 amide bonds. The fourth-order valence-corrected chi connectivity index (χ4v) is 4.02. The maximum absolute atomic E-state index is 12.7. The number of alkyl halides is 3. The van der Waals surface area contributed by atoms with Crippen molar-refractivity contribution in [3.05, 3.63) is 51.5 Å². The molecule has 0 saturated carbocycles. The normalized spacial score (nSPS) is 18.2. The molecule has 158 valence electrons. The van der Waals surface area contributed by atoms with E-state index in [1.165, 1.54) is 0 Å². The predicted molar refractivity (Wildman–Crippen MR) is 110 cm³/mol. The van der Waals surface area contributed by atoms with Crippen molar-refractivity contribution in [3.8, 4) is 0 Å². The number of nitrogens with zero attached hydrogens (tertiary/aromatic N) is 3. The minimum atomic E-state index is -4.29. The number of aryl methyl sites for hydroxylation is 1. The van der Waals surface area contributed by atoms with Crippen LogP contribution in [0.3, 0.4) is 0 Å². The zero-order valence-corrected chi connectivity index (χ0v) is 17.4. The summed E-state index contributed by atoms with van der Waals surface area (Å²) in [6, 6.07) is 5.68. The standard InChI is InChI=1S/C20H26F3N5S/c1-14-26-18(13-29-14)7-9-25-19(24-2)27-17-8-10-28(12-17)11-15-3-5-16(6-4-15)20(21,22)23/h3-6,13,17H,7-12H2,1-2H3,(H2,24,25,27). The van der Waals surface area contributed by atoms with Crippen molar-refractivity contribution in [2.45, 2.75) is 38.5 Å². The van der Waals surface area contributed by atoms with Gasteiger partial charge in [-0.3, -0.25) is 9.89 Å². The molecule has 29 heavy (non-hydrogen) atoms. The second-order valence-electron chi connectivity index (χ2n) is 7.17. The van der Waals surface area contributed by atoms with Gasteiger partial charge in [-0.15, -0.1) is 11.3 Å². The van der Waals surface area contributed by atoms with Crippen molar-refractivity contribution in [1.29, 1.82) is 0 Å². The number of guanidine groups is 1. The van der Waals surface area contributed by atoms with Gasteiger partial charge in [-0.25, -0.2) is 4.98 Å². The smallest absolute Gasteiger partial charge is 0.356 e. The largest absolute Gasteiger partial charge is 0.416 e. The monoisotopic (exact) mass is 425 g/mol. The maximum Gasteiger partial charge on any atom is 0.416 e. The number of halogens is 3. The van der Waals surface area contributed by atoms with E-state index in [1.807, 2.05) is 6.92 Å². The average Bonchev–Trinajstić information content (AvgIpc) is 3.29. The van der Waals surface area contributed by atoms with E-state index >= 15 is 0 Å². The van der Waals surface area contributed by atoms with E-state index in [1.54, 1.807) is 30.5 Å². The summed E-state index contributed by atoms with van der Waals surface area (Å²) in [6.45, 7) is 5.12. The maximum atomic E-state index is 12.7. The number of likely N-dealkylation sites (tertiary alicyclic amines) is 1. The Kier molecular flexibility index (Phi) is 7.13. The highest BCUT2D eigenvalue weighted by Crippen LogP contribution is 2.29. The van der Waals surface area contributed by atoms with E-state index in [4.69, 9.17) is 0 Å². The van der Waals surface area contributed by atoms with Crippen molar-refractivity contribution in [2.24, 2.45) is 4.99 Å². The Morgan fingerprint density at radius 1 is 1.31 bits per heavy atom. The first-order valence-corrected chi connectivity index (χ1v) is 10.5. The summed E-state index contributed by atoms with van der Waals surface area (Å²) in [5, 5.41) is 9.89. The lowest BCUT2D eigenvalue weighted by atomic mass is 10.1. The summed E-state index contributed by atoms with van der Waals surface area (Å²) >= 11 is 1.65. The van der Waals surface area contributed by atoms with Crippen LogP contribution < -0.4 is 10.6 Å². The molecule has 0 bridgehead atoms. The lowest BCUT2D eigenvalue weighted by Crippen LogP contribution is -2.45. The molecule has 1 atom stereocenters. The molecule has 0 radical (unpaired) electrons. The van der Waals surface area contributed by atoms with Crippen molar-refractivity contribution < 1.29 is 13.2 Å². The van der Waals surface area contributed by atoms with Gasteiger partial charge in [0, 0.05) is 51.1 Å². The van der Waals surface area contributed by atoms with Crippen LogP contribution in [0.2, 0.25) is 0 Å². The number of aromatic nitrogens is 1. The van der Waals surface area contributed by atoms with E-state index in [2.05, 4.69) is 30.9 Å². The van der Waals surface area contributed by atoms with Crippen LogP contribution in [0.5, 0.6) is 0 Å². The molecule has 9 heteroatoms. The fraction of sp³-hybridized carbons (Fsp3) is 0.500. The zero-order valence-electron chi connectivity index (χ0n) is 16.6. The van der Waals surface area contributed by atoms with Gasteiger partial charge in [0.15, 0.2) is 5.96 Å². The number of nitrogens with one attached hydrogen (secondary N) is 2. The molecule has 2 aromatic rings. The second kappa shape index (κ2) is 9.58. The number of benzene rings is 1. The third-order valence-electron chi connectivity index (χ3n) is 4.86. The van der Waals surface area contributed by atoms with Gasteiger partial charge in [-0.2, -0.15) is 13.2 Å². The van der Waals surface area contributed by atoms with Crippen molar-refractivity contribution >= 4 is 17.3 Å². The summed E-state index contributed by atoms with van der Waals surface area (Å²) < 4.78 is 38.0. The Bertz CT molecular complexity index is 816. The summed E-state index contributed by atoms with van der Waals surface area (Å²) in [5.41, 5.74) is 1.36.